The van der Waals surface area contributed by atoms with E-state index in [2.05, 4.69) is 21.2 Å². The topological polar surface area (TPSA) is 102 Å². The van der Waals surface area contributed by atoms with Gasteiger partial charge in [-0.1, -0.05) is 0 Å². The molecule has 0 aliphatic heterocycles. The molecular weight excluding hydrogens is 339 g/mol. The van der Waals surface area contributed by atoms with E-state index >= 15 is 0 Å². The molecule has 20 heavy (non-hydrogen) atoms. The molecule has 1 unspecified atom stereocenters. The van der Waals surface area contributed by atoms with Crippen LogP contribution in [0.3, 0.4) is 0 Å². The molecule has 1 rings (SSSR count). The molecule has 0 heterocycles. The van der Waals surface area contributed by atoms with Crippen LogP contribution in [0.1, 0.15) is 6.42 Å². The Labute approximate surface area is 122 Å². The summed E-state index contributed by atoms with van der Waals surface area (Å²) < 4.78 is 18.4. The monoisotopic (exact) mass is 350 g/mol. The summed E-state index contributed by atoms with van der Waals surface area (Å²) in [7, 11) is 1.47. The van der Waals surface area contributed by atoms with Crippen molar-refractivity contribution in [1.29, 1.82) is 0 Å². The number of aliphatic carboxylic acids is 1. The molecule has 0 aliphatic carbocycles. The van der Waals surface area contributed by atoms with Crippen LogP contribution in [0.2, 0.25) is 0 Å². The number of nitrogens with zero attached hydrogens (tertiary/aromatic N) is 1. The molecule has 0 bridgehead atoms. The molecular formula is C11H12BrFN2O5. The fourth-order valence-corrected chi connectivity index (χ4v) is 1.79. The summed E-state index contributed by atoms with van der Waals surface area (Å²) in [6.07, 6.45) is 0.0840. The highest BCUT2D eigenvalue weighted by molar-refractivity contribution is 9.10. The number of carboxylic acid groups (broad SMARTS) is 1. The molecule has 0 aliphatic rings. The van der Waals surface area contributed by atoms with Crippen LogP contribution in [-0.2, 0) is 4.79 Å². The van der Waals surface area contributed by atoms with E-state index in [0.717, 1.165) is 12.1 Å². The molecule has 0 spiro atoms. The molecule has 2 N–H and O–H groups in total. The van der Waals surface area contributed by atoms with Crippen molar-refractivity contribution in [2.24, 2.45) is 0 Å². The highest BCUT2D eigenvalue weighted by Gasteiger charge is 2.20. The van der Waals surface area contributed by atoms with Crippen molar-refractivity contribution in [1.82, 2.24) is 5.32 Å². The lowest BCUT2D eigenvalue weighted by molar-refractivity contribution is -0.386. The maximum atomic E-state index is 13.3. The predicted molar refractivity (Wildman–Crippen MR) is 71.3 cm³/mol. The zero-order valence-corrected chi connectivity index (χ0v) is 12.0. The number of rotatable bonds is 7. The van der Waals surface area contributed by atoms with Crippen molar-refractivity contribution in [2.45, 2.75) is 12.5 Å². The van der Waals surface area contributed by atoms with Crippen LogP contribution in [0, 0.1) is 15.9 Å². The fourth-order valence-electron chi connectivity index (χ4n) is 1.45. The van der Waals surface area contributed by atoms with Gasteiger partial charge in [0.2, 0.25) is 0 Å². The predicted octanol–water partition coefficient (Wildman–Crippen LogP) is 1.94. The van der Waals surface area contributed by atoms with Gasteiger partial charge in [-0.25, -0.2) is 4.39 Å². The lowest BCUT2D eigenvalue weighted by atomic mass is 10.2. The van der Waals surface area contributed by atoms with E-state index < -0.39 is 28.4 Å². The maximum absolute atomic E-state index is 13.3. The number of benzene rings is 1. The molecule has 7 nitrogen and oxygen atoms in total. The summed E-state index contributed by atoms with van der Waals surface area (Å²) >= 11 is 2.85. The quantitative estimate of drug-likeness (QED) is 0.575. The molecule has 1 atom stereocenters. The molecule has 1 aromatic rings. The molecule has 0 fully saturated rings. The summed E-state index contributed by atoms with van der Waals surface area (Å²) in [5, 5.41) is 22.2. The van der Waals surface area contributed by atoms with Crippen LogP contribution in [0.5, 0.6) is 5.75 Å². The maximum Gasteiger partial charge on any atom is 0.320 e. The van der Waals surface area contributed by atoms with E-state index in [0.29, 0.717) is 0 Å². The van der Waals surface area contributed by atoms with Gasteiger partial charge in [0.1, 0.15) is 11.9 Å². The van der Waals surface area contributed by atoms with Gasteiger partial charge >= 0.3 is 11.7 Å². The van der Waals surface area contributed by atoms with Crippen LogP contribution in [0.25, 0.3) is 0 Å². The number of carboxylic acids is 1. The van der Waals surface area contributed by atoms with E-state index in [4.69, 9.17) is 9.84 Å². The molecule has 0 aromatic heterocycles. The van der Waals surface area contributed by atoms with Gasteiger partial charge in [-0.3, -0.25) is 14.9 Å². The SMILES string of the molecule is CNC(CCOc1cc(F)c(Br)cc1[N+](=O)[O-])C(=O)O. The first kappa shape index (κ1) is 16.3. The average Bonchev–Trinajstić information content (AvgIpc) is 2.37. The number of ether oxygens (including phenoxy) is 1. The van der Waals surface area contributed by atoms with Gasteiger partial charge in [0, 0.05) is 18.6 Å². The minimum Gasteiger partial charge on any atom is -0.487 e. The number of hydrogen-bond acceptors (Lipinski definition) is 5. The van der Waals surface area contributed by atoms with Gasteiger partial charge in [-0.15, -0.1) is 0 Å². The summed E-state index contributed by atoms with van der Waals surface area (Å²) in [6, 6.07) is 1.05. The lowest BCUT2D eigenvalue weighted by Crippen LogP contribution is -2.35. The van der Waals surface area contributed by atoms with Crippen molar-refractivity contribution in [3.8, 4) is 5.75 Å². The summed E-state index contributed by atoms with van der Waals surface area (Å²) in [5.41, 5.74) is -0.394. The summed E-state index contributed by atoms with van der Waals surface area (Å²) in [4.78, 5) is 20.9. The first-order chi connectivity index (χ1) is 9.36. The van der Waals surface area contributed by atoms with E-state index in [1.165, 1.54) is 7.05 Å². The number of halogens is 2. The number of hydrogen-bond donors (Lipinski definition) is 2. The standard InChI is InChI=1S/C11H12BrFN2O5/c1-14-8(11(16)17)2-3-20-10-5-7(13)6(12)4-9(10)15(18)19/h4-5,8,14H,2-3H2,1H3,(H,16,17). The normalized spacial score (nSPS) is 11.9. The van der Waals surface area contributed by atoms with Gasteiger partial charge in [0.15, 0.2) is 5.75 Å². The number of nitrogens with one attached hydrogen (secondary N) is 1. The third-order valence-electron chi connectivity index (χ3n) is 2.51. The lowest BCUT2D eigenvalue weighted by Gasteiger charge is -2.12. The Bertz CT molecular complexity index is 526. The van der Waals surface area contributed by atoms with Crippen LogP contribution in [0.15, 0.2) is 16.6 Å². The summed E-state index contributed by atoms with van der Waals surface area (Å²) in [6.45, 7) is -0.0975. The molecule has 0 saturated carbocycles. The number of nitro benzene ring substituents is 1. The van der Waals surface area contributed by atoms with Crippen molar-refractivity contribution < 1.29 is 24.0 Å². The van der Waals surface area contributed by atoms with Gasteiger partial charge in [-0.2, -0.15) is 0 Å². The number of carbonyl (C=O) groups is 1. The van der Waals surface area contributed by atoms with Crippen LogP contribution < -0.4 is 10.1 Å². The third kappa shape index (κ3) is 4.14. The van der Waals surface area contributed by atoms with E-state index in [9.17, 15) is 19.3 Å². The van der Waals surface area contributed by atoms with Gasteiger partial charge in [-0.05, 0) is 23.0 Å². The molecule has 9 heteroatoms. The zero-order valence-electron chi connectivity index (χ0n) is 10.4. The van der Waals surface area contributed by atoms with Gasteiger partial charge in [0.05, 0.1) is 16.0 Å². The van der Waals surface area contributed by atoms with Crippen molar-refractivity contribution >= 4 is 27.6 Å². The van der Waals surface area contributed by atoms with Gasteiger partial charge in [0.25, 0.3) is 0 Å². The largest absolute Gasteiger partial charge is 0.487 e. The third-order valence-corrected chi connectivity index (χ3v) is 3.12. The summed E-state index contributed by atoms with van der Waals surface area (Å²) in [5.74, 6) is -2.00. The zero-order chi connectivity index (χ0) is 15.3. The highest BCUT2D eigenvalue weighted by atomic mass is 79.9. The van der Waals surface area contributed by atoms with Crippen LogP contribution in [0.4, 0.5) is 10.1 Å². The second-order valence-corrected chi connectivity index (χ2v) is 4.66. The molecule has 0 amide bonds. The number of nitro groups is 1. The Morgan fingerprint density at radius 2 is 2.30 bits per heavy atom. The first-order valence-electron chi connectivity index (χ1n) is 5.53. The van der Waals surface area contributed by atoms with Crippen molar-refractivity contribution in [3.05, 3.63) is 32.5 Å². The molecule has 0 saturated heterocycles. The van der Waals surface area contributed by atoms with Crippen molar-refractivity contribution in [3.63, 3.8) is 0 Å². The van der Waals surface area contributed by atoms with E-state index in [-0.39, 0.29) is 23.2 Å². The Morgan fingerprint density at radius 1 is 1.65 bits per heavy atom. The van der Waals surface area contributed by atoms with E-state index in [1.807, 2.05) is 0 Å². The number of likely N-dealkylation sites (N-methyl/N-ethyl adjacent to an activating group) is 1. The van der Waals surface area contributed by atoms with Crippen LogP contribution >= 0.6 is 15.9 Å². The molecule has 0 radical (unpaired) electrons. The second-order valence-electron chi connectivity index (χ2n) is 3.81. The average molecular weight is 351 g/mol. The highest BCUT2D eigenvalue weighted by Crippen LogP contribution is 2.32. The Hall–Kier alpha value is -1.74. The first-order valence-corrected chi connectivity index (χ1v) is 6.32. The molecule has 1 aromatic carbocycles. The van der Waals surface area contributed by atoms with E-state index in [1.54, 1.807) is 0 Å². The Balaban J connectivity index is 2.79. The van der Waals surface area contributed by atoms with Crippen LogP contribution in [-0.4, -0.2) is 35.7 Å². The van der Waals surface area contributed by atoms with Gasteiger partial charge < -0.3 is 15.2 Å². The minimum atomic E-state index is -1.06. The molecule has 110 valence electrons. The Kier molecular flexibility index (Phi) is 5.83. The second kappa shape index (κ2) is 7.15. The smallest absolute Gasteiger partial charge is 0.320 e. The minimum absolute atomic E-state index is 0.0461. The Morgan fingerprint density at radius 3 is 2.80 bits per heavy atom. The fraction of sp³-hybridized carbons (Fsp3) is 0.364. The van der Waals surface area contributed by atoms with Crippen molar-refractivity contribution in [2.75, 3.05) is 13.7 Å².